The van der Waals surface area contributed by atoms with Crippen LogP contribution in [0.15, 0.2) is 29.6 Å². The van der Waals surface area contributed by atoms with Gasteiger partial charge < -0.3 is 14.8 Å². The molecule has 0 bridgehead atoms. The molecule has 0 saturated heterocycles. The molecule has 9 heteroatoms. The highest BCUT2D eigenvalue weighted by Crippen LogP contribution is 2.27. The second kappa shape index (κ2) is 10.0. The lowest BCUT2D eigenvalue weighted by Gasteiger charge is -2.08. The molecule has 0 unspecified atom stereocenters. The average Bonchev–Trinajstić information content (AvgIpc) is 3.05. The summed E-state index contributed by atoms with van der Waals surface area (Å²) in [5.41, 5.74) is 0.368. The lowest BCUT2D eigenvalue weighted by Crippen LogP contribution is -2.21. The van der Waals surface area contributed by atoms with Gasteiger partial charge in [-0.25, -0.2) is 0 Å². The Morgan fingerprint density at radius 1 is 1.27 bits per heavy atom. The number of amides is 1. The van der Waals surface area contributed by atoms with Crippen LogP contribution in [0.2, 0.25) is 10.0 Å². The monoisotopic (exact) mass is 412 g/mol. The first-order valence-corrected chi connectivity index (χ1v) is 9.14. The number of thiophene rings is 1. The number of ether oxygens (including phenoxy) is 2. The molecule has 0 atom stereocenters. The van der Waals surface area contributed by atoms with Crippen LogP contribution in [0.3, 0.4) is 0 Å². The number of halogens is 2. The van der Waals surface area contributed by atoms with Crippen molar-refractivity contribution in [1.29, 1.82) is 5.26 Å². The van der Waals surface area contributed by atoms with Gasteiger partial charge in [-0.1, -0.05) is 23.2 Å². The number of rotatable bonds is 8. The van der Waals surface area contributed by atoms with E-state index >= 15 is 0 Å². The SMILES string of the molecule is N#Cc1ccsc1NC(=O)COC(=O)CCCOc1ccc(Cl)cc1Cl. The van der Waals surface area contributed by atoms with Gasteiger partial charge in [0.2, 0.25) is 0 Å². The van der Waals surface area contributed by atoms with Crippen LogP contribution in [0.5, 0.6) is 5.75 Å². The number of benzene rings is 1. The van der Waals surface area contributed by atoms with Crippen molar-refractivity contribution in [2.45, 2.75) is 12.8 Å². The molecule has 0 aliphatic carbocycles. The van der Waals surface area contributed by atoms with E-state index in [0.29, 0.717) is 32.8 Å². The number of nitrogens with one attached hydrogen (secondary N) is 1. The van der Waals surface area contributed by atoms with Crippen LogP contribution in [-0.2, 0) is 14.3 Å². The molecule has 0 fully saturated rings. The topological polar surface area (TPSA) is 88.4 Å². The molecule has 1 aromatic heterocycles. The van der Waals surface area contributed by atoms with Gasteiger partial charge in [0.25, 0.3) is 5.91 Å². The molecule has 0 saturated carbocycles. The Balaban J connectivity index is 1.64. The summed E-state index contributed by atoms with van der Waals surface area (Å²) >= 11 is 13.0. The van der Waals surface area contributed by atoms with E-state index in [1.54, 1.807) is 29.6 Å². The number of anilines is 1. The largest absolute Gasteiger partial charge is 0.492 e. The molecular formula is C17H14Cl2N2O4S. The number of nitrogens with zero attached hydrogens (tertiary/aromatic N) is 1. The van der Waals surface area contributed by atoms with E-state index in [0.717, 1.165) is 0 Å². The van der Waals surface area contributed by atoms with Gasteiger partial charge in [0.1, 0.15) is 16.8 Å². The van der Waals surface area contributed by atoms with E-state index in [-0.39, 0.29) is 13.0 Å². The molecular weight excluding hydrogens is 399 g/mol. The first-order chi connectivity index (χ1) is 12.5. The molecule has 2 rings (SSSR count). The van der Waals surface area contributed by atoms with Crippen molar-refractivity contribution >= 4 is 51.4 Å². The predicted octanol–water partition coefficient (Wildman–Crippen LogP) is 4.27. The van der Waals surface area contributed by atoms with E-state index < -0.39 is 18.5 Å². The molecule has 0 radical (unpaired) electrons. The van der Waals surface area contributed by atoms with Crippen LogP contribution in [-0.4, -0.2) is 25.1 Å². The Hall–Kier alpha value is -2.27. The molecule has 0 aliphatic heterocycles. The minimum absolute atomic E-state index is 0.0982. The highest BCUT2D eigenvalue weighted by molar-refractivity contribution is 7.14. The molecule has 1 heterocycles. The Morgan fingerprint density at radius 2 is 2.08 bits per heavy atom. The van der Waals surface area contributed by atoms with Gasteiger partial charge >= 0.3 is 5.97 Å². The van der Waals surface area contributed by atoms with Gasteiger partial charge in [0.05, 0.1) is 17.2 Å². The van der Waals surface area contributed by atoms with Crippen LogP contribution >= 0.6 is 34.5 Å². The lowest BCUT2D eigenvalue weighted by atomic mass is 10.3. The van der Waals surface area contributed by atoms with E-state index in [9.17, 15) is 9.59 Å². The highest BCUT2D eigenvalue weighted by Gasteiger charge is 2.11. The fourth-order valence-corrected chi connectivity index (χ4v) is 3.08. The van der Waals surface area contributed by atoms with Crippen molar-refractivity contribution in [3.05, 3.63) is 45.3 Å². The number of esters is 1. The van der Waals surface area contributed by atoms with Gasteiger partial charge in [-0.2, -0.15) is 5.26 Å². The molecule has 0 aliphatic rings. The van der Waals surface area contributed by atoms with Crippen molar-refractivity contribution in [3.8, 4) is 11.8 Å². The van der Waals surface area contributed by atoms with Gasteiger partial charge in [-0.05, 0) is 36.1 Å². The van der Waals surface area contributed by atoms with Crippen molar-refractivity contribution in [3.63, 3.8) is 0 Å². The Kier molecular flexibility index (Phi) is 7.73. The van der Waals surface area contributed by atoms with Crippen molar-refractivity contribution in [2.24, 2.45) is 0 Å². The summed E-state index contributed by atoms with van der Waals surface area (Å²) in [5, 5.41) is 14.4. The number of carbonyl (C=O) groups is 2. The highest BCUT2D eigenvalue weighted by atomic mass is 35.5. The molecule has 1 aromatic carbocycles. The Bertz CT molecular complexity index is 832. The first-order valence-electron chi connectivity index (χ1n) is 7.50. The fourth-order valence-electron chi connectivity index (χ4n) is 1.87. The van der Waals surface area contributed by atoms with Crippen molar-refractivity contribution in [1.82, 2.24) is 0 Å². The zero-order valence-electron chi connectivity index (χ0n) is 13.5. The molecule has 6 nitrogen and oxygen atoms in total. The Morgan fingerprint density at radius 3 is 2.81 bits per heavy atom. The van der Waals surface area contributed by atoms with E-state index in [1.807, 2.05) is 6.07 Å². The predicted molar refractivity (Wildman–Crippen MR) is 99.8 cm³/mol. The number of hydrogen-bond donors (Lipinski definition) is 1. The van der Waals surface area contributed by atoms with Crippen molar-refractivity contribution < 1.29 is 19.1 Å². The van der Waals surface area contributed by atoms with E-state index in [2.05, 4.69) is 5.32 Å². The molecule has 136 valence electrons. The minimum atomic E-state index is -0.516. The van der Waals surface area contributed by atoms with Gasteiger partial charge in [0.15, 0.2) is 6.61 Å². The lowest BCUT2D eigenvalue weighted by molar-refractivity contribution is -0.147. The smallest absolute Gasteiger partial charge is 0.306 e. The maximum absolute atomic E-state index is 11.7. The third-order valence-electron chi connectivity index (χ3n) is 3.08. The normalized spacial score (nSPS) is 10.0. The first kappa shape index (κ1) is 20.0. The number of carbonyl (C=O) groups excluding carboxylic acids is 2. The maximum Gasteiger partial charge on any atom is 0.306 e. The summed E-state index contributed by atoms with van der Waals surface area (Å²) in [6, 6.07) is 8.42. The summed E-state index contributed by atoms with van der Waals surface area (Å²) < 4.78 is 10.3. The van der Waals surface area contributed by atoms with Crippen LogP contribution in [0.25, 0.3) is 0 Å². The number of nitriles is 1. The zero-order valence-corrected chi connectivity index (χ0v) is 15.8. The van der Waals surface area contributed by atoms with Crippen LogP contribution in [0.4, 0.5) is 5.00 Å². The summed E-state index contributed by atoms with van der Waals surface area (Å²) in [5.74, 6) is -0.535. The van der Waals surface area contributed by atoms with Crippen LogP contribution in [0.1, 0.15) is 18.4 Å². The van der Waals surface area contributed by atoms with E-state index in [1.165, 1.54) is 11.3 Å². The summed E-state index contributed by atoms with van der Waals surface area (Å²) in [4.78, 5) is 23.4. The zero-order chi connectivity index (χ0) is 18.9. The summed E-state index contributed by atoms with van der Waals surface area (Å²) in [6.07, 6.45) is 0.504. The third kappa shape index (κ3) is 6.23. The van der Waals surface area contributed by atoms with Crippen LogP contribution < -0.4 is 10.1 Å². The standard InChI is InChI=1S/C17H14Cl2N2O4S/c18-12-3-4-14(13(19)8-12)24-6-1-2-16(23)25-10-15(22)21-17-11(9-20)5-7-26-17/h3-5,7-8H,1-2,6,10H2,(H,21,22). The maximum atomic E-state index is 11.7. The van der Waals surface area contributed by atoms with Crippen LogP contribution in [0, 0.1) is 11.3 Å². The molecule has 0 spiro atoms. The van der Waals surface area contributed by atoms with Gasteiger partial charge in [-0.3, -0.25) is 9.59 Å². The molecule has 26 heavy (non-hydrogen) atoms. The third-order valence-corrected chi connectivity index (χ3v) is 4.44. The van der Waals surface area contributed by atoms with Gasteiger partial charge in [-0.15, -0.1) is 11.3 Å². The second-order valence-corrected chi connectivity index (χ2v) is 6.77. The fraction of sp³-hybridized carbons (Fsp3) is 0.235. The Labute approximate surface area is 164 Å². The van der Waals surface area contributed by atoms with Gasteiger partial charge in [0, 0.05) is 11.4 Å². The van der Waals surface area contributed by atoms with E-state index in [4.69, 9.17) is 37.9 Å². The van der Waals surface area contributed by atoms with Crippen molar-refractivity contribution in [2.75, 3.05) is 18.5 Å². The minimum Gasteiger partial charge on any atom is -0.492 e. The quantitative estimate of drug-likeness (QED) is 0.516. The molecule has 1 amide bonds. The molecule has 2 aromatic rings. The molecule has 1 N–H and O–H groups in total. The average molecular weight is 413 g/mol. The summed E-state index contributed by atoms with van der Waals surface area (Å²) in [7, 11) is 0. The number of hydrogen-bond acceptors (Lipinski definition) is 6. The second-order valence-electron chi connectivity index (χ2n) is 5.01. The summed E-state index contributed by atoms with van der Waals surface area (Å²) in [6.45, 7) is -0.144.